The molecule has 3 N–H and O–H groups in total. The molecular formula is C18H17N5O3S. The second-order valence-corrected chi connectivity index (χ2v) is 8.51. The van der Waals surface area contributed by atoms with Gasteiger partial charge in [-0.2, -0.15) is 5.26 Å². The third-order valence-corrected chi connectivity index (χ3v) is 6.11. The van der Waals surface area contributed by atoms with E-state index in [2.05, 4.69) is 10.3 Å². The van der Waals surface area contributed by atoms with Crippen molar-refractivity contribution in [1.82, 2.24) is 8.96 Å². The maximum atomic E-state index is 12.5. The highest BCUT2D eigenvalue weighted by Crippen LogP contribution is 2.25. The Kier molecular flexibility index (Phi) is 4.59. The largest absolute Gasteiger partial charge is 0.368 e. The number of imidazole rings is 1. The van der Waals surface area contributed by atoms with Crippen LogP contribution in [-0.4, -0.2) is 28.5 Å². The lowest BCUT2D eigenvalue weighted by Gasteiger charge is -2.11. The monoisotopic (exact) mass is 383 g/mol. The van der Waals surface area contributed by atoms with Crippen molar-refractivity contribution in [3.63, 3.8) is 0 Å². The predicted octanol–water partition coefficient (Wildman–Crippen LogP) is 2.33. The Balaban J connectivity index is 1.94. The van der Waals surface area contributed by atoms with Gasteiger partial charge in [0.2, 0.25) is 16.0 Å². The molecule has 0 aliphatic heterocycles. The normalized spacial score (nSPS) is 11.5. The van der Waals surface area contributed by atoms with Crippen molar-refractivity contribution >= 4 is 38.6 Å². The number of nitrogens with one attached hydrogen (secondary N) is 1. The molecule has 3 rings (SSSR count). The van der Waals surface area contributed by atoms with Crippen molar-refractivity contribution < 1.29 is 13.2 Å². The van der Waals surface area contributed by atoms with Gasteiger partial charge >= 0.3 is 0 Å². The number of aromatic nitrogens is 2. The molecule has 0 saturated heterocycles. The van der Waals surface area contributed by atoms with Gasteiger partial charge < -0.3 is 11.1 Å². The van der Waals surface area contributed by atoms with Crippen LogP contribution in [0.25, 0.3) is 11.0 Å². The number of rotatable bonds is 4. The van der Waals surface area contributed by atoms with E-state index in [4.69, 9.17) is 11.0 Å². The zero-order chi connectivity index (χ0) is 19.8. The van der Waals surface area contributed by atoms with E-state index < -0.39 is 15.3 Å². The molecule has 27 heavy (non-hydrogen) atoms. The van der Waals surface area contributed by atoms with Crippen LogP contribution in [-0.2, 0) is 10.0 Å². The number of nitrogen functional groups attached to an aromatic ring is 1. The minimum absolute atomic E-state index is 0.130. The number of amides is 1. The van der Waals surface area contributed by atoms with E-state index in [1.165, 1.54) is 0 Å². The van der Waals surface area contributed by atoms with Crippen molar-refractivity contribution in [3.05, 3.63) is 53.6 Å². The van der Waals surface area contributed by atoms with Crippen molar-refractivity contribution in [1.29, 1.82) is 5.26 Å². The van der Waals surface area contributed by atoms with Gasteiger partial charge in [-0.05, 0) is 56.3 Å². The summed E-state index contributed by atoms with van der Waals surface area (Å²) in [5.41, 5.74) is 7.80. The molecule has 0 aliphatic carbocycles. The molecule has 8 nitrogen and oxygen atoms in total. The number of nitriles is 1. The number of hydrogen-bond acceptors (Lipinski definition) is 6. The van der Waals surface area contributed by atoms with Crippen LogP contribution >= 0.6 is 0 Å². The fourth-order valence-corrected chi connectivity index (χ4v) is 3.68. The summed E-state index contributed by atoms with van der Waals surface area (Å²) in [5.74, 6) is -0.490. The highest BCUT2D eigenvalue weighted by molar-refractivity contribution is 7.90. The molecule has 0 unspecified atom stereocenters. The number of anilines is 2. The molecule has 3 aromatic rings. The Bertz CT molecular complexity index is 1170. The molecule has 1 heterocycles. The lowest BCUT2D eigenvalue weighted by Crippen LogP contribution is -2.23. The van der Waals surface area contributed by atoms with E-state index in [-0.39, 0.29) is 11.9 Å². The average Bonchev–Trinajstić information content (AvgIpc) is 2.97. The first-order valence-electron chi connectivity index (χ1n) is 8.08. The summed E-state index contributed by atoms with van der Waals surface area (Å²) in [6.45, 7) is 3.12. The maximum absolute atomic E-state index is 12.5. The summed E-state index contributed by atoms with van der Waals surface area (Å²) in [4.78, 5) is 16.4. The summed E-state index contributed by atoms with van der Waals surface area (Å²) in [5, 5.41) is 10.9. The van der Waals surface area contributed by atoms with Gasteiger partial charge in [0.15, 0.2) is 0 Å². The highest BCUT2D eigenvalue weighted by atomic mass is 32.2. The van der Waals surface area contributed by atoms with Gasteiger partial charge in [0.25, 0.3) is 5.91 Å². The van der Waals surface area contributed by atoms with Crippen LogP contribution in [0.1, 0.15) is 29.8 Å². The number of carbonyl (C=O) groups is 1. The van der Waals surface area contributed by atoms with E-state index >= 15 is 0 Å². The van der Waals surface area contributed by atoms with E-state index in [0.717, 1.165) is 3.97 Å². The zero-order valence-electron chi connectivity index (χ0n) is 14.7. The molecule has 138 valence electrons. The number of hydrogen-bond donors (Lipinski definition) is 2. The average molecular weight is 383 g/mol. The summed E-state index contributed by atoms with van der Waals surface area (Å²) in [6, 6.07) is 12.9. The van der Waals surface area contributed by atoms with E-state index in [1.807, 2.05) is 6.07 Å². The number of carbonyl (C=O) groups excluding carboxylic acids is 1. The number of nitrogens with zero attached hydrogens (tertiary/aromatic N) is 3. The molecular weight excluding hydrogens is 366 g/mol. The second kappa shape index (κ2) is 6.74. The lowest BCUT2D eigenvalue weighted by molar-refractivity contribution is 0.102. The predicted molar refractivity (Wildman–Crippen MR) is 103 cm³/mol. The van der Waals surface area contributed by atoms with Gasteiger partial charge in [-0.1, -0.05) is 0 Å². The van der Waals surface area contributed by atoms with Gasteiger partial charge in [0, 0.05) is 11.3 Å². The number of benzene rings is 2. The molecule has 0 atom stereocenters. The number of fused-ring (bicyclic) bond motifs is 1. The molecule has 0 aliphatic rings. The van der Waals surface area contributed by atoms with Crippen LogP contribution in [0.5, 0.6) is 0 Å². The van der Waals surface area contributed by atoms with Crippen molar-refractivity contribution in [2.24, 2.45) is 0 Å². The first-order chi connectivity index (χ1) is 12.7. The molecule has 1 amide bonds. The Morgan fingerprint density at radius 1 is 1.22 bits per heavy atom. The third-order valence-electron chi connectivity index (χ3n) is 4.02. The van der Waals surface area contributed by atoms with Crippen molar-refractivity contribution in [2.45, 2.75) is 19.1 Å². The number of nitrogens with two attached hydrogens (primary N) is 1. The first kappa shape index (κ1) is 18.4. The topological polar surface area (TPSA) is 131 Å². The quantitative estimate of drug-likeness (QED) is 0.711. The van der Waals surface area contributed by atoms with Crippen molar-refractivity contribution in [2.75, 3.05) is 11.1 Å². The first-order valence-corrected chi connectivity index (χ1v) is 9.58. The smallest absolute Gasteiger partial charge is 0.255 e. The summed E-state index contributed by atoms with van der Waals surface area (Å²) >= 11 is 0. The lowest BCUT2D eigenvalue weighted by atomic mass is 10.1. The Labute approximate surface area is 156 Å². The second-order valence-electron chi connectivity index (χ2n) is 6.17. The van der Waals surface area contributed by atoms with Crippen LogP contribution in [0, 0.1) is 11.3 Å². The molecule has 0 fully saturated rings. The Morgan fingerprint density at radius 3 is 2.48 bits per heavy atom. The zero-order valence-corrected chi connectivity index (χ0v) is 15.5. The Morgan fingerprint density at radius 2 is 1.89 bits per heavy atom. The van der Waals surface area contributed by atoms with Gasteiger partial charge in [0.05, 0.1) is 27.9 Å². The molecule has 2 aromatic carbocycles. The fourth-order valence-electron chi connectivity index (χ4n) is 2.53. The molecule has 1 aromatic heterocycles. The molecule has 0 radical (unpaired) electrons. The Hall–Kier alpha value is -3.38. The molecule has 0 saturated carbocycles. The minimum atomic E-state index is -3.66. The van der Waals surface area contributed by atoms with Crippen molar-refractivity contribution in [3.8, 4) is 6.07 Å². The van der Waals surface area contributed by atoms with E-state index in [0.29, 0.717) is 27.8 Å². The van der Waals surface area contributed by atoms with Gasteiger partial charge in [0.1, 0.15) is 0 Å². The van der Waals surface area contributed by atoms with E-state index in [9.17, 15) is 13.2 Å². The fraction of sp³-hybridized carbons (Fsp3) is 0.167. The summed E-state index contributed by atoms with van der Waals surface area (Å²) in [6.07, 6.45) is 0. The maximum Gasteiger partial charge on any atom is 0.255 e. The summed E-state index contributed by atoms with van der Waals surface area (Å²) < 4.78 is 26.0. The minimum Gasteiger partial charge on any atom is -0.368 e. The highest BCUT2D eigenvalue weighted by Gasteiger charge is 2.24. The van der Waals surface area contributed by atoms with Crippen LogP contribution in [0.4, 0.5) is 11.6 Å². The SMILES string of the molecule is CC(C)S(=O)(=O)n1c(N)nc2cc(NC(=O)c3ccc(C#N)cc3)ccc21. The standard InChI is InChI=1S/C18H17N5O3S/c1-11(2)27(25,26)23-16-8-7-14(9-15(16)22-18(23)20)21-17(24)13-5-3-12(10-19)4-6-13/h3-9,11H,1-2H3,(H2,20,22)(H,21,24). The molecule has 0 spiro atoms. The van der Waals surface area contributed by atoms with E-state index in [1.54, 1.807) is 56.3 Å². The van der Waals surface area contributed by atoms with Crippen LogP contribution in [0.15, 0.2) is 42.5 Å². The van der Waals surface area contributed by atoms with Crippen LogP contribution < -0.4 is 11.1 Å². The van der Waals surface area contributed by atoms with Crippen LogP contribution in [0.2, 0.25) is 0 Å². The van der Waals surface area contributed by atoms with Gasteiger partial charge in [-0.3, -0.25) is 4.79 Å². The molecule has 9 heteroatoms. The van der Waals surface area contributed by atoms with Gasteiger partial charge in [-0.15, -0.1) is 0 Å². The van der Waals surface area contributed by atoms with Gasteiger partial charge in [-0.25, -0.2) is 17.4 Å². The third kappa shape index (κ3) is 3.35. The van der Waals surface area contributed by atoms with Crippen LogP contribution in [0.3, 0.4) is 0 Å². The molecule has 0 bridgehead atoms. The summed E-state index contributed by atoms with van der Waals surface area (Å²) in [7, 11) is -3.66.